The fourth-order valence-electron chi connectivity index (χ4n) is 2.07. The first-order chi connectivity index (χ1) is 11.3. The number of aryl methyl sites for hydroxylation is 2. The van der Waals surface area contributed by atoms with Crippen LogP contribution in [-0.2, 0) is 16.0 Å². The highest BCUT2D eigenvalue weighted by Gasteiger charge is 2.18. The largest absolute Gasteiger partial charge is 0.444 e. The van der Waals surface area contributed by atoms with E-state index in [0.717, 1.165) is 11.1 Å². The van der Waals surface area contributed by atoms with Crippen LogP contribution in [0, 0.1) is 13.8 Å². The summed E-state index contributed by atoms with van der Waals surface area (Å²) in [7, 11) is 0. The zero-order chi connectivity index (χ0) is 19.4. The van der Waals surface area contributed by atoms with E-state index in [4.69, 9.17) is 9.47 Å². The third-order valence-corrected chi connectivity index (χ3v) is 2.99. The molecule has 140 valence electrons. The molecule has 0 aromatic carbocycles. The number of anilines is 1. The van der Waals surface area contributed by atoms with Gasteiger partial charge in [0.25, 0.3) is 0 Å². The summed E-state index contributed by atoms with van der Waals surface area (Å²) < 4.78 is 10.4. The van der Waals surface area contributed by atoms with Gasteiger partial charge in [-0.25, -0.2) is 14.6 Å². The number of carbonyl (C=O) groups excluding carboxylic acids is 2. The number of carbonyl (C=O) groups is 2. The molecule has 0 atom stereocenters. The molecule has 2 N–H and O–H groups in total. The Balaban J connectivity index is 2.76. The maximum absolute atomic E-state index is 11.8. The maximum Gasteiger partial charge on any atom is 0.413 e. The van der Waals surface area contributed by atoms with Crippen molar-refractivity contribution in [1.29, 1.82) is 0 Å². The van der Waals surface area contributed by atoms with Gasteiger partial charge >= 0.3 is 12.2 Å². The highest BCUT2D eigenvalue weighted by atomic mass is 16.6. The van der Waals surface area contributed by atoms with E-state index in [1.54, 1.807) is 26.8 Å². The molecule has 0 radical (unpaired) electrons. The summed E-state index contributed by atoms with van der Waals surface area (Å²) in [5, 5.41) is 5.33. The molecule has 0 saturated heterocycles. The van der Waals surface area contributed by atoms with E-state index in [1.807, 2.05) is 34.6 Å². The molecule has 0 saturated carbocycles. The molecule has 7 heteroatoms. The molecule has 25 heavy (non-hydrogen) atoms. The number of aromatic nitrogens is 1. The number of nitrogens with one attached hydrogen (secondary N) is 2. The minimum atomic E-state index is -0.578. The van der Waals surface area contributed by atoms with E-state index in [0.29, 0.717) is 18.1 Å². The Morgan fingerprint density at radius 2 is 1.52 bits per heavy atom. The molecule has 0 aliphatic rings. The van der Waals surface area contributed by atoms with Gasteiger partial charge in [-0.1, -0.05) is 0 Å². The number of rotatable bonds is 3. The van der Waals surface area contributed by atoms with Crippen molar-refractivity contribution in [3.05, 3.63) is 22.9 Å². The molecule has 0 aliphatic carbocycles. The summed E-state index contributed by atoms with van der Waals surface area (Å²) in [5.41, 5.74) is 1.36. The van der Waals surface area contributed by atoms with Crippen molar-refractivity contribution in [3.63, 3.8) is 0 Å². The number of alkyl carbamates (subject to hydrolysis) is 1. The van der Waals surface area contributed by atoms with Gasteiger partial charge in [-0.15, -0.1) is 0 Å². The van der Waals surface area contributed by atoms with Crippen LogP contribution < -0.4 is 10.6 Å². The number of nitrogens with zero attached hydrogens (tertiary/aromatic N) is 1. The average Bonchev–Trinajstić information content (AvgIpc) is 2.32. The zero-order valence-electron chi connectivity index (χ0n) is 16.4. The van der Waals surface area contributed by atoms with Crippen molar-refractivity contribution in [3.8, 4) is 0 Å². The monoisotopic (exact) mass is 351 g/mol. The van der Waals surface area contributed by atoms with E-state index in [2.05, 4.69) is 15.6 Å². The van der Waals surface area contributed by atoms with E-state index in [9.17, 15) is 9.59 Å². The average molecular weight is 351 g/mol. The molecule has 1 aromatic rings. The van der Waals surface area contributed by atoms with Crippen LogP contribution >= 0.6 is 0 Å². The van der Waals surface area contributed by atoms with Crippen LogP contribution in [0.15, 0.2) is 6.07 Å². The lowest BCUT2D eigenvalue weighted by molar-refractivity contribution is 0.0522. The Morgan fingerprint density at radius 3 is 2.00 bits per heavy atom. The van der Waals surface area contributed by atoms with Crippen molar-refractivity contribution < 1.29 is 19.1 Å². The maximum atomic E-state index is 11.8. The number of amides is 2. The lowest BCUT2D eigenvalue weighted by Gasteiger charge is -2.21. The molecular weight excluding hydrogens is 322 g/mol. The number of hydrogen-bond acceptors (Lipinski definition) is 5. The second-order valence-electron chi connectivity index (χ2n) is 7.87. The summed E-state index contributed by atoms with van der Waals surface area (Å²) in [6, 6.07) is 1.74. The van der Waals surface area contributed by atoms with E-state index < -0.39 is 23.4 Å². The van der Waals surface area contributed by atoms with Crippen molar-refractivity contribution >= 4 is 18.0 Å². The van der Waals surface area contributed by atoms with Crippen LogP contribution in [0.25, 0.3) is 0 Å². The van der Waals surface area contributed by atoms with Gasteiger partial charge in [-0.3, -0.25) is 5.32 Å². The smallest absolute Gasteiger partial charge is 0.413 e. The SMILES string of the molecule is Cc1cc(NC(=O)OC(C)(C)C)nc(C)c1CNC(=O)OC(C)(C)C. The molecule has 7 nitrogen and oxygen atoms in total. The van der Waals surface area contributed by atoms with Crippen LogP contribution in [-0.4, -0.2) is 28.4 Å². The summed E-state index contributed by atoms with van der Waals surface area (Å²) >= 11 is 0. The highest BCUT2D eigenvalue weighted by Crippen LogP contribution is 2.18. The van der Waals surface area contributed by atoms with Gasteiger partial charge in [0.05, 0.1) is 0 Å². The van der Waals surface area contributed by atoms with Gasteiger partial charge in [0.2, 0.25) is 0 Å². The summed E-state index contributed by atoms with van der Waals surface area (Å²) in [4.78, 5) is 28.0. The first-order valence-electron chi connectivity index (χ1n) is 8.21. The van der Waals surface area contributed by atoms with E-state index in [1.165, 1.54) is 0 Å². The lowest BCUT2D eigenvalue weighted by atomic mass is 10.1. The number of hydrogen-bond donors (Lipinski definition) is 2. The molecule has 0 bridgehead atoms. The molecule has 0 unspecified atom stereocenters. The van der Waals surface area contributed by atoms with E-state index in [-0.39, 0.29) is 0 Å². The fourth-order valence-corrected chi connectivity index (χ4v) is 2.07. The van der Waals surface area contributed by atoms with Gasteiger partial charge in [-0.05, 0) is 72.6 Å². The topological polar surface area (TPSA) is 89.5 Å². The normalized spacial score (nSPS) is 11.7. The Labute approximate surface area is 149 Å². The minimum absolute atomic E-state index is 0.298. The van der Waals surface area contributed by atoms with Crippen molar-refractivity contribution in [2.75, 3.05) is 5.32 Å². The number of ether oxygens (including phenoxy) is 2. The molecule has 1 heterocycles. The summed E-state index contributed by atoms with van der Waals surface area (Å²) in [6.45, 7) is 14.8. The highest BCUT2D eigenvalue weighted by molar-refractivity contribution is 5.83. The van der Waals surface area contributed by atoms with Crippen LogP contribution in [0.5, 0.6) is 0 Å². The second kappa shape index (κ2) is 7.72. The Hall–Kier alpha value is -2.31. The predicted molar refractivity (Wildman–Crippen MR) is 96.6 cm³/mol. The van der Waals surface area contributed by atoms with Gasteiger partial charge < -0.3 is 14.8 Å². The molecular formula is C18H29N3O4. The Morgan fingerprint density at radius 1 is 1.00 bits per heavy atom. The Bertz CT molecular complexity index is 620. The van der Waals surface area contributed by atoms with Gasteiger partial charge in [0, 0.05) is 12.2 Å². The van der Waals surface area contributed by atoms with Crippen molar-refractivity contribution in [1.82, 2.24) is 10.3 Å². The van der Waals surface area contributed by atoms with Crippen LogP contribution in [0.2, 0.25) is 0 Å². The molecule has 1 rings (SSSR count). The first kappa shape index (κ1) is 20.7. The van der Waals surface area contributed by atoms with Gasteiger partial charge in [0.15, 0.2) is 0 Å². The first-order valence-corrected chi connectivity index (χ1v) is 8.21. The van der Waals surface area contributed by atoms with Crippen LogP contribution in [0.4, 0.5) is 15.4 Å². The third-order valence-electron chi connectivity index (χ3n) is 2.99. The summed E-state index contributed by atoms with van der Waals surface area (Å²) in [5.74, 6) is 0.408. The van der Waals surface area contributed by atoms with Crippen LogP contribution in [0.1, 0.15) is 58.4 Å². The quantitative estimate of drug-likeness (QED) is 0.857. The number of pyridine rings is 1. The summed E-state index contributed by atoms with van der Waals surface area (Å²) in [6.07, 6.45) is -1.04. The zero-order valence-corrected chi connectivity index (χ0v) is 16.4. The molecule has 0 spiro atoms. The predicted octanol–water partition coefficient (Wildman–Crippen LogP) is 4.07. The standard InChI is InChI=1S/C18H29N3O4/c1-11-9-14(21-16(23)25-18(6,7)8)20-12(2)13(11)10-19-15(22)24-17(3,4)5/h9H,10H2,1-8H3,(H,19,22)(H,20,21,23). The molecule has 2 amide bonds. The van der Waals surface area contributed by atoms with E-state index >= 15 is 0 Å². The molecule has 0 fully saturated rings. The fraction of sp³-hybridized carbons (Fsp3) is 0.611. The second-order valence-corrected chi connectivity index (χ2v) is 7.87. The van der Waals surface area contributed by atoms with Crippen molar-refractivity contribution in [2.45, 2.75) is 73.1 Å². The van der Waals surface area contributed by atoms with Crippen LogP contribution in [0.3, 0.4) is 0 Å². The molecule has 0 aliphatic heterocycles. The van der Waals surface area contributed by atoms with Crippen molar-refractivity contribution in [2.24, 2.45) is 0 Å². The lowest BCUT2D eigenvalue weighted by Crippen LogP contribution is -2.32. The van der Waals surface area contributed by atoms with Gasteiger partial charge in [0.1, 0.15) is 17.0 Å². The Kier molecular flexibility index (Phi) is 6.40. The molecule has 1 aromatic heterocycles. The third kappa shape index (κ3) is 7.87. The minimum Gasteiger partial charge on any atom is -0.444 e. The van der Waals surface area contributed by atoms with Gasteiger partial charge in [-0.2, -0.15) is 0 Å².